The third kappa shape index (κ3) is 3.29. The lowest BCUT2D eigenvalue weighted by Crippen LogP contribution is -2.62. The predicted octanol–water partition coefficient (Wildman–Crippen LogP) is 3.28. The number of hydrogen-bond acceptors (Lipinski definition) is 6. The Balaban J connectivity index is 1.40. The van der Waals surface area contributed by atoms with Crippen LogP contribution in [-0.4, -0.2) is 48.6 Å². The summed E-state index contributed by atoms with van der Waals surface area (Å²) in [6.07, 6.45) is 6.98. The van der Waals surface area contributed by atoms with Gasteiger partial charge in [0.1, 0.15) is 17.7 Å². The molecular formula is C25H25N5O3S. The number of nitrogens with zero attached hydrogens (tertiary/aromatic N) is 3. The van der Waals surface area contributed by atoms with Crippen molar-refractivity contribution in [2.75, 3.05) is 19.3 Å². The van der Waals surface area contributed by atoms with Crippen LogP contribution in [-0.2, 0) is 16.4 Å². The van der Waals surface area contributed by atoms with E-state index in [1.165, 1.54) is 6.26 Å². The van der Waals surface area contributed by atoms with Gasteiger partial charge in [-0.1, -0.05) is 0 Å². The van der Waals surface area contributed by atoms with Crippen molar-refractivity contribution in [3.63, 3.8) is 0 Å². The summed E-state index contributed by atoms with van der Waals surface area (Å²) in [6.45, 7) is 4.25. The maximum absolute atomic E-state index is 12.6. The Bertz CT molecular complexity index is 1600. The van der Waals surface area contributed by atoms with E-state index in [4.69, 9.17) is 9.84 Å². The van der Waals surface area contributed by atoms with E-state index in [1.54, 1.807) is 16.8 Å². The van der Waals surface area contributed by atoms with E-state index in [2.05, 4.69) is 16.4 Å². The minimum absolute atomic E-state index is 0.0818. The second kappa shape index (κ2) is 7.32. The zero-order valence-corrected chi connectivity index (χ0v) is 19.9. The zero-order chi connectivity index (χ0) is 23.7. The summed E-state index contributed by atoms with van der Waals surface area (Å²) in [5.74, 6) is 0.518. The van der Waals surface area contributed by atoms with Gasteiger partial charge < -0.3 is 15.0 Å². The second-order valence-electron chi connectivity index (χ2n) is 9.78. The Morgan fingerprint density at radius 3 is 2.76 bits per heavy atom. The van der Waals surface area contributed by atoms with Gasteiger partial charge in [0.2, 0.25) is 0 Å². The van der Waals surface area contributed by atoms with Gasteiger partial charge in [0, 0.05) is 59.0 Å². The molecule has 2 N–H and O–H groups in total. The Morgan fingerprint density at radius 2 is 2.09 bits per heavy atom. The van der Waals surface area contributed by atoms with Crippen molar-refractivity contribution in [2.24, 2.45) is 5.41 Å². The average Bonchev–Trinajstić information content (AvgIpc) is 3.37. The third-order valence-corrected chi connectivity index (χ3v) is 8.40. The predicted molar refractivity (Wildman–Crippen MR) is 129 cm³/mol. The summed E-state index contributed by atoms with van der Waals surface area (Å²) in [5, 5.41) is 19.5. The van der Waals surface area contributed by atoms with Crippen LogP contribution in [0.3, 0.4) is 0 Å². The van der Waals surface area contributed by atoms with Crippen LogP contribution in [0.25, 0.3) is 21.8 Å². The molecule has 6 rings (SSSR count). The SMILES string of the molecule is Cc1cc(S(C)(=O)=O)c(Cn2cc3ccc(C#N)c(OC4CC5(CNC5)C4)c3n2)c2cc[nH]c12. The van der Waals surface area contributed by atoms with Crippen LogP contribution in [0.15, 0.2) is 41.6 Å². The van der Waals surface area contributed by atoms with Crippen molar-refractivity contribution in [3.8, 4) is 11.8 Å². The fourth-order valence-electron chi connectivity index (χ4n) is 5.42. The van der Waals surface area contributed by atoms with Gasteiger partial charge in [-0.3, -0.25) is 4.68 Å². The van der Waals surface area contributed by atoms with Crippen LogP contribution in [0, 0.1) is 23.7 Å². The summed E-state index contributed by atoms with van der Waals surface area (Å²) < 4.78 is 33.3. The number of benzene rings is 2. The van der Waals surface area contributed by atoms with Crippen molar-refractivity contribution < 1.29 is 13.2 Å². The Labute approximate surface area is 197 Å². The average molecular weight is 476 g/mol. The normalized spacial score (nSPS) is 17.6. The number of nitrogens with one attached hydrogen (secondary N) is 2. The molecule has 0 bridgehead atoms. The van der Waals surface area contributed by atoms with Crippen molar-refractivity contribution in [1.82, 2.24) is 20.1 Å². The molecule has 2 aromatic carbocycles. The maximum Gasteiger partial charge on any atom is 0.175 e. The first kappa shape index (κ1) is 21.2. The standard InChI is InChI=1S/C25H25N5O3S/c1-15-7-21(34(2,31)32)20(19-5-6-28-22(15)19)12-30-11-17-4-3-16(10-26)24(23(17)29-30)33-18-8-25(9-18)13-27-14-25/h3-7,11,18,27-28H,8-9,12-14H2,1-2H3. The summed E-state index contributed by atoms with van der Waals surface area (Å²) in [5.41, 5.74) is 3.94. The van der Waals surface area contributed by atoms with Crippen LogP contribution in [0.2, 0.25) is 0 Å². The molecule has 1 spiro atoms. The van der Waals surface area contributed by atoms with Crippen LogP contribution in [0.5, 0.6) is 5.75 Å². The monoisotopic (exact) mass is 475 g/mol. The largest absolute Gasteiger partial charge is 0.487 e. The smallest absolute Gasteiger partial charge is 0.175 e. The molecule has 1 aliphatic carbocycles. The molecule has 1 saturated heterocycles. The molecule has 3 heterocycles. The Kier molecular flexibility index (Phi) is 4.57. The van der Waals surface area contributed by atoms with Crippen molar-refractivity contribution in [1.29, 1.82) is 5.26 Å². The number of fused-ring (bicyclic) bond motifs is 2. The molecule has 2 aliphatic rings. The summed E-state index contributed by atoms with van der Waals surface area (Å²) in [7, 11) is -3.44. The molecular weight excluding hydrogens is 450 g/mol. The molecule has 2 fully saturated rings. The minimum atomic E-state index is -3.44. The molecule has 4 aromatic rings. The summed E-state index contributed by atoms with van der Waals surface area (Å²) in [6, 6.07) is 9.48. The van der Waals surface area contributed by atoms with Gasteiger partial charge in [0.25, 0.3) is 0 Å². The summed E-state index contributed by atoms with van der Waals surface area (Å²) >= 11 is 0. The van der Waals surface area contributed by atoms with E-state index in [9.17, 15) is 13.7 Å². The van der Waals surface area contributed by atoms with Gasteiger partial charge in [-0.2, -0.15) is 10.4 Å². The maximum atomic E-state index is 12.6. The van der Waals surface area contributed by atoms with Gasteiger partial charge >= 0.3 is 0 Å². The van der Waals surface area contributed by atoms with E-state index in [0.717, 1.165) is 47.8 Å². The van der Waals surface area contributed by atoms with Crippen LogP contribution < -0.4 is 10.1 Å². The van der Waals surface area contributed by atoms with Gasteiger partial charge in [-0.05, 0) is 49.6 Å². The van der Waals surface area contributed by atoms with Gasteiger partial charge in [0.15, 0.2) is 15.6 Å². The summed E-state index contributed by atoms with van der Waals surface area (Å²) in [4.78, 5) is 3.51. The van der Waals surface area contributed by atoms with Crippen LogP contribution in [0.1, 0.15) is 29.5 Å². The zero-order valence-electron chi connectivity index (χ0n) is 19.1. The van der Waals surface area contributed by atoms with Gasteiger partial charge in [-0.25, -0.2) is 8.42 Å². The van der Waals surface area contributed by atoms with Crippen molar-refractivity contribution in [3.05, 3.63) is 53.3 Å². The molecule has 174 valence electrons. The highest BCUT2D eigenvalue weighted by Crippen LogP contribution is 2.46. The number of aryl methyl sites for hydroxylation is 1. The first-order valence-corrected chi connectivity index (χ1v) is 13.2. The molecule has 0 atom stereocenters. The number of aromatic nitrogens is 3. The quantitative estimate of drug-likeness (QED) is 0.458. The molecule has 2 aromatic heterocycles. The lowest BCUT2D eigenvalue weighted by Gasteiger charge is -2.53. The number of hydrogen-bond donors (Lipinski definition) is 2. The second-order valence-corrected chi connectivity index (χ2v) is 11.8. The number of aromatic amines is 1. The van der Waals surface area contributed by atoms with Crippen LogP contribution in [0.4, 0.5) is 0 Å². The van der Waals surface area contributed by atoms with E-state index < -0.39 is 9.84 Å². The Hall–Kier alpha value is -3.35. The van der Waals surface area contributed by atoms with Gasteiger partial charge in [0.05, 0.1) is 17.0 Å². The number of ether oxygens (including phenoxy) is 1. The van der Waals surface area contributed by atoms with E-state index >= 15 is 0 Å². The lowest BCUT2D eigenvalue weighted by molar-refractivity contribution is -0.0490. The number of nitriles is 1. The molecule has 9 heteroatoms. The highest BCUT2D eigenvalue weighted by atomic mass is 32.2. The Morgan fingerprint density at radius 1 is 1.29 bits per heavy atom. The third-order valence-electron chi connectivity index (χ3n) is 7.24. The van der Waals surface area contributed by atoms with Crippen molar-refractivity contribution in [2.45, 2.75) is 37.3 Å². The lowest BCUT2D eigenvalue weighted by atomic mass is 9.63. The molecule has 0 unspecified atom stereocenters. The fraction of sp³-hybridized carbons (Fsp3) is 0.360. The number of sulfone groups is 1. The number of H-pyrrole nitrogens is 1. The van der Waals surface area contributed by atoms with E-state index in [0.29, 0.717) is 32.7 Å². The molecule has 34 heavy (non-hydrogen) atoms. The highest BCUT2D eigenvalue weighted by Gasteiger charge is 2.49. The molecule has 0 radical (unpaired) electrons. The highest BCUT2D eigenvalue weighted by molar-refractivity contribution is 7.90. The number of rotatable bonds is 5. The van der Waals surface area contributed by atoms with E-state index in [1.807, 2.05) is 31.5 Å². The first-order chi connectivity index (χ1) is 16.3. The first-order valence-electron chi connectivity index (χ1n) is 11.3. The van der Waals surface area contributed by atoms with E-state index in [-0.39, 0.29) is 12.6 Å². The molecule has 0 amide bonds. The topological polar surface area (TPSA) is 113 Å². The van der Waals surface area contributed by atoms with Crippen LogP contribution >= 0.6 is 0 Å². The molecule has 1 saturated carbocycles. The molecule has 8 nitrogen and oxygen atoms in total. The fourth-order valence-corrected chi connectivity index (χ4v) is 6.43. The van der Waals surface area contributed by atoms with Crippen molar-refractivity contribution >= 4 is 31.6 Å². The van der Waals surface area contributed by atoms with Gasteiger partial charge in [-0.15, -0.1) is 0 Å². The minimum Gasteiger partial charge on any atom is -0.487 e. The molecule has 1 aliphatic heterocycles.